The number of urea groups is 1. The highest BCUT2D eigenvalue weighted by Crippen LogP contribution is 2.06. The summed E-state index contributed by atoms with van der Waals surface area (Å²) in [5, 5.41) is 14.2. The number of carbonyl (C=O) groups excluding carboxylic acids is 1. The van der Waals surface area contributed by atoms with Crippen LogP contribution in [-0.4, -0.2) is 22.7 Å². The molecule has 6 heteroatoms. The summed E-state index contributed by atoms with van der Waals surface area (Å²) in [6.45, 7) is 0.492. The number of aliphatic hydroxyl groups is 1. The minimum Gasteiger partial charge on any atom is -0.392 e. The molecule has 2 aromatic rings. The van der Waals surface area contributed by atoms with Gasteiger partial charge in [0.05, 0.1) is 18.5 Å². The zero-order chi connectivity index (χ0) is 15.1. The molecule has 2 rings (SSSR count). The Hall–Kier alpha value is -2.47. The Kier molecular flexibility index (Phi) is 5.22. The van der Waals surface area contributed by atoms with Crippen LogP contribution in [0.5, 0.6) is 0 Å². The fraction of sp³-hybridized carbons (Fsp3) is 0.200. The van der Waals surface area contributed by atoms with Crippen LogP contribution in [0.1, 0.15) is 11.1 Å². The summed E-state index contributed by atoms with van der Waals surface area (Å²) in [6.07, 6.45) is 1.93. The van der Waals surface area contributed by atoms with Crippen LogP contribution in [0.25, 0.3) is 0 Å². The van der Waals surface area contributed by atoms with E-state index in [1.807, 2.05) is 24.3 Å². The lowest BCUT2D eigenvalue weighted by Crippen LogP contribution is -2.30. The van der Waals surface area contributed by atoms with Gasteiger partial charge in [-0.3, -0.25) is 0 Å². The monoisotopic (exact) mass is 289 g/mol. The Bertz CT molecular complexity index is 585. The summed E-state index contributed by atoms with van der Waals surface area (Å²) < 4.78 is 12.6. The molecular formula is C15H16FN3O2. The third-order valence-electron chi connectivity index (χ3n) is 2.89. The number of anilines is 1. The van der Waals surface area contributed by atoms with Gasteiger partial charge in [0.25, 0.3) is 0 Å². The second-order valence-corrected chi connectivity index (χ2v) is 4.48. The number of aromatic nitrogens is 1. The van der Waals surface area contributed by atoms with Crippen molar-refractivity contribution in [1.29, 1.82) is 0 Å². The molecule has 0 radical (unpaired) electrons. The number of benzene rings is 1. The van der Waals surface area contributed by atoms with E-state index in [1.165, 1.54) is 18.3 Å². The van der Waals surface area contributed by atoms with Crippen LogP contribution in [0.2, 0.25) is 0 Å². The van der Waals surface area contributed by atoms with Crippen molar-refractivity contribution in [3.8, 4) is 0 Å². The molecule has 1 heterocycles. The fourth-order valence-corrected chi connectivity index (χ4v) is 1.76. The quantitative estimate of drug-likeness (QED) is 0.738. The first-order chi connectivity index (χ1) is 10.2. The first-order valence-corrected chi connectivity index (χ1v) is 6.52. The van der Waals surface area contributed by atoms with E-state index in [9.17, 15) is 9.18 Å². The van der Waals surface area contributed by atoms with Gasteiger partial charge in [-0.05, 0) is 29.7 Å². The molecule has 21 heavy (non-hydrogen) atoms. The van der Waals surface area contributed by atoms with Crippen molar-refractivity contribution in [2.75, 3.05) is 11.9 Å². The highest BCUT2D eigenvalue weighted by molar-refractivity contribution is 5.88. The van der Waals surface area contributed by atoms with Crippen LogP contribution >= 0.6 is 0 Å². The number of halogens is 1. The van der Waals surface area contributed by atoms with Gasteiger partial charge >= 0.3 is 6.03 Å². The number of nitrogens with one attached hydrogen (secondary N) is 2. The summed E-state index contributed by atoms with van der Waals surface area (Å²) in [5.41, 5.74) is 2.35. The number of amides is 2. The second kappa shape index (κ2) is 7.35. The number of hydrogen-bond acceptors (Lipinski definition) is 3. The summed E-state index contributed by atoms with van der Waals surface area (Å²) in [4.78, 5) is 15.1. The Balaban J connectivity index is 1.74. The van der Waals surface area contributed by atoms with E-state index in [1.54, 1.807) is 0 Å². The van der Waals surface area contributed by atoms with Crippen molar-refractivity contribution in [1.82, 2.24) is 10.3 Å². The lowest BCUT2D eigenvalue weighted by molar-refractivity contribution is 0.252. The summed E-state index contributed by atoms with van der Waals surface area (Å²) in [6, 6.07) is 9.77. The van der Waals surface area contributed by atoms with E-state index < -0.39 is 5.95 Å². The Labute approximate surface area is 121 Å². The Morgan fingerprint density at radius 2 is 1.86 bits per heavy atom. The molecule has 5 nitrogen and oxygen atoms in total. The first kappa shape index (κ1) is 14.9. The minimum absolute atomic E-state index is 0.0205. The average Bonchev–Trinajstić information content (AvgIpc) is 2.50. The van der Waals surface area contributed by atoms with Gasteiger partial charge in [0.15, 0.2) is 0 Å². The van der Waals surface area contributed by atoms with Gasteiger partial charge in [-0.1, -0.05) is 24.3 Å². The normalized spacial score (nSPS) is 10.2. The number of nitrogens with zero attached hydrogens (tertiary/aromatic N) is 1. The van der Waals surface area contributed by atoms with Gasteiger partial charge in [0, 0.05) is 6.54 Å². The zero-order valence-electron chi connectivity index (χ0n) is 11.3. The fourth-order valence-electron chi connectivity index (χ4n) is 1.76. The maximum atomic E-state index is 12.6. The standard InChI is InChI=1S/C15H16FN3O2/c16-14-6-5-13(9-18-14)19-15(21)17-8-7-11-1-3-12(10-20)4-2-11/h1-6,9,20H,7-8,10H2,(H2,17,19,21). The van der Waals surface area contributed by atoms with Gasteiger partial charge in [-0.25, -0.2) is 9.78 Å². The molecule has 0 aliphatic heterocycles. The predicted molar refractivity (Wildman–Crippen MR) is 77.3 cm³/mol. The van der Waals surface area contributed by atoms with Gasteiger partial charge in [-0.15, -0.1) is 0 Å². The van der Waals surface area contributed by atoms with Crippen LogP contribution in [0.3, 0.4) is 0 Å². The van der Waals surface area contributed by atoms with Crippen LogP contribution < -0.4 is 10.6 Å². The van der Waals surface area contributed by atoms with E-state index in [0.717, 1.165) is 11.1 Å². The highest BCUT2D eigenvalue weighted by atomic mass is 19.1. The highest BCUT2D eigenvalue weighted by Gasteiger charge is 2.02. The molecule has 0 fully saturated rings. The Morgan fingerprint density at radius 3 is 2.48 bits per heavy atom. The van der Waals surface area contributed by atoms with Crippen LogP contribution in [-0.2, 0) is 13.0 Å². The molecule has 0 unspecified atom stereocenters. The van der Waals surface area contributed by atoms with Crippen molar-refractivity contribution >= 4 is 11.7 Å². The smallest absolute Gasteiger partial charge is 0.319 e. The average molecular weight is 289 g/mol. The van der Waals surface area contributed by atoms with E-state index in [0.29, 0.717) is 18.7 Å². The third kappa shape index (κ3) is 4.85. The van der Waals surface area contributed by atoms with Crippen molar-refractivity contribution in [2.24, 2.45) is 0 Å². The molecule has 0 aliphatic carbocycles. The van der Waals surface area contributed by atoms with Crippen LogP contribution in [0, 0.1) is 5.95 Å². The van der Waals surface area contributed by atoms with Gasteiger partial charge in [0.1, 0.15) is 0 Å². The molecule has 0 bridgehead atoms. The number of rotatable bonds is 5. The largest absolute Gasteiger partial charge is 0.392 e. The van der Waals surface area contributed by atoms with Crippen LogP contribution in [0.4, 0.5) is 14.9 Å². The first-order valence-electron chi connectivity index (χ1n) is 6.52. The summed E-state index contributed by atoms with van der Waals surface area (Å²) in [7, 11) is 0. The van der Waals surface area contributed by atoms with Crippen molar-refractivity contribution < 1.29 is 14.3 Å². The van der Waals surface area contributed by atoms with Crippen molar-refractivity contribution in [2.45, 2.75) is 13.0 Å². The van der Waals surface area contributed by atoms with Crippen molar-refractivity contribution in [3.05, 3.63) is 59.7 Å². The molecule has 1 aromatic heterocycles. The minimum atomic E-state index is -0.590. The van der Waals surface area contributed by atoms with E-state index in [2.05, 4.69) is 15.6 Å². The molecule has 0 saturated heterocycles. The number of pyridine rings is 1. The zero-order valence-corrected chi connectivity index (χ0v) is 11.3. The van der Waals surface area contributed by atoms with E-state index in [4.69, 9.17) is 5.11 Å². The van der Waals surface area contributed by atoms with Gasteiger partial charge in [0.2, 0.25) is 5.95 Å². The third-order valence-corrected chi connectivity index (χ3v) is 2.89. The molecule has 3 N–H and O–H groups in total. The molecule has 0 spiro atoms. The number of hydrogen-bond donors (Lipinski definition) is 3. The van der Waals surface area contributed by atoms with Gasteiger partial charge < -0.3 is 15.7 Å². The number of aliphatic hydroxyl groups excluding tert-OH is 1. The van der Waals surface area contributed by atoms with E-state index >= 15 is 0 Å². The molecule has 0 aliphatic rings. The van der Waals surface area contributed by atoms with Crippen LogP contribution in [0.15, 0.2) is 42.6 Å². The lowest BCUT2D eigenvalue weighted by Gasteiger charge is -2.07. The molecule has 110 valence electrons. The molecule has 1 aromatic carbocycles. The molecule has 0 saturated carbocycles. The summed E-state index contributed by atoms with van der Waals surface area (Å²) >= 11 is 0. The SMILES string of the molecule is O=C(NCCc1ccc(CO)cc1)Nc1ccc(F)nc1. The molecule has 2 amide bonds. The second-order valence-electron chi connectivity index (χ2n) is 4.48. The Morgan fingerprint density at radius 1 is 1.14 bits per heavy atom. The predicted octanol–water partition coefficient (Wildman–Crippen LogP) is 2.08. The van der Waals surface area contributed by atoms with E-state index in [-0.39, 0.29) is 12.6 Å². The molecule has 0 atom stereocenters. The van der Waals surface area contributed by atoms with Crippen molar-refractivity contribution in [3.63, 3.8) is 0 Å². The van der Waals surface area contributed by atoms with Gasteiger partial charge in [-0.2, -0.15) is 4.39 Å². The topological polar surface area (TPSA) is 74.2 Å². The summed E-state index contributed by atoms with van der Waals surface area (Å²) in [5.74, 6) is -0.590. The maximum absolute atomic E-state index is 12.6. The maximum Gasteiger partial charge on any atom is 0.319 e. The molecular weight excluding hydrogens is 273 g/mol. The number of carbonyl (C=O) groups is 1. The lowest BCUT2D eigenvalue weighted by atomic mass is 10.1.